The van der Waals surface area contributed by atoms with E-state index in [1.165, 1.54) is 6.92 Å². The Balaban J connectivity index is 2.55. The molecule has 0 aromatic heterocycles. The van der Waals surface area contributed by atoms with Crippen LogP contribution < -0.4 is 5.32 Å². The minimum absolute atomic E-state index is 0.0534. The van der Waals surface area contributed by atoms with Crippen molar-refractivity contribution in [1.29, 1.82) is 0 Å². The number of nitrogens with zero attached hydrogens (tertiary/aromatic N) is 3. The van der Waals surface area contributed by atoms with Crippen molar-refractivity contribution in [3.05, 3.63) is 0 Å². The van der Waals surface area contributed by atoms with Gasteiger partial charge in [0.05, 0.1) is 32.8 Å². The summed E-state index contributed by atoms with van der Waals surface area (Å²) < 4.78 is 5.31. The van der Waals surface area contributed by atoms with E-state index in [0.717, 1.165) is 0 Å². The van der Waals surface area contributed by atoms with Crippen LogP contribution >= 0.6 is 0 Å². The number of carbonyl (C=O) groups is 4. The molecule has 0 bridgehead atoms. The van der Waals surface area contributed by atoms with Crippen molar-refractivity contribution in [2.75, 3.05) is 78.7 Å². The smallest absolute Gasteiger partial charge is 0.317 e. The molecule has 0 saturated carbocycles. The molecule has 0 unspecified atom stereocenters. The number of carboxylic acids is 1. The Morgan fingerprint density at radius 1 is 0.871 bits per heavy atom. The predicted octanol–water partition coefficient (Wildman–Crippen LogP) is -0.672. The van der Waals surface area contributed by atoms with Crippen molar-refractivity contribution in [1.82, 2.24) is 20.0 Å². The van der Waals surface area contributed by atoms with E-state index >= 15 is 0 Å². The summed E-state index contributed by atoms with van der Waals surface area (Å²) in [6, 6.07) is 0. The molecule has 0 aromatic carbocycles. The number of rotatable bonds is 13. The van der Waals surface area contributed by atoms with E-state index in [1.54, 1.807) is 0 Å². The molecule has 31 heavy (non-hydrogen) atoms. The average molecular weight is 443 g/mol. The monoisotopic (exact) mass is 442 g/mol. The van der Waals surface area contributed by atoms with Crippen molar-refractivity contribution in [2.24, 2.45) is 5.92 Å². The summed E-state index contributed by atoms with van der Waals surface area (Å²) in [5, 5.41) is 12.0. The zero-order chi connectivity index (χ0) is 23.2. The van der Waals surface area contributed by atoms with E-state index in [4.69, 9.17) is 9.84 Å². The van der Waals surface area contributed by atoms with Gasteiger partial charge in [0.2, 0.25) is 5.91 Å². The van der Waals surface area contributed by atoms with Crippen molar-refractivity contribution in [2.45, 2.75) is 27.2 Å². The maximum Gasteiger partial charge on any atom is 0.317 e. The minimum atomic E-state index is -0.891. The summed E-state index contributed by atoms with van der Waals surface area (Å²) in [7, 11) is 0. The zero-order valence-corrected chi connectivity index (χ0v) is 19.1. The average Bonchev–Trinajstić information content (AvgIpc) is 2.76. The highest BCUT2D eigenvalue weighted by Crippen LogP contribution is 2.03. The normalized spacial score (nSPS) is 17.0. The molecule has 0 aliphatic carbocycles. The Morgan fingerprint density at radius 2 is 1.39 bits per heavy atom. The van der Waals surface area contributed by atoms with Gasteiger partial charge in [-0.2, -0.15) is 0 Å². The van der Waals surface area contributed by atoms with Gasteiger partial charge in [0.25, 0.3) is 0 Å². The molecular formula is C21H38N4O6. The summed E-state index contributed by atoms with van der Waals surface area (Å²) in [4.78, 5) is 52.4. The fourth-order valence-corrected chi connectivity index (χ4v) is 3.09. The fourth-order valence-electron chi connectivity index (χ4n) is 3.09. The highest BCUT2D eigenvalue weighted by atomic mass is 16.5. The molecule has 1 heterocycles. The highest BCUT2D eigenvalue weighted by Gasteiger charge is 2.21. The van der Waals surface area contributed by atoms with Crippen molar-refractivity contribution < 1.29 is 29.0 Å². The maximum absolute atomic E-state index is 12.3. The third-order valence-electron chi connectivity index (χ3n) is 5.11. The molecule has 10 nitrogen and oxygen atoms in total. The second kappa shape index (κ2) is 15.0. The zero-order valence-electron chi connectivity index (χ0n) is 19.1. The van der Waals surface area contributed by atoms with Gasteiger partial charge in [0.1, 0.15) is 11.6 Å². The first kappa shape index (κ1) is 27.2. The number of aliphatic carboxylic acids is 1. The van der Waals surface area contributed by atoms with Gasteiger partial charge in [-0.05, 0) is 6.92 Å². The molecule has 2 N–H and O–H groups in total. The number of nitrogens with one attached hydrogen (secondary N) is 1. The number of Topliss-reactive ketones (excluding diaryl/α,β-unsaturated/α-hetero) is 2. The number of hydrogen-bond donors (Lipinski definition) is 2. The first-order valence-electron chi connectivity index (χ1n) is 10.9. The highest BCUT2D eigenvalue weighted by molar-refractivity contribution is 5.82. The fraction of sp³-hybridized carbons (Fsp3) is 0.810. The second-order valence-electron chi connectivity index (χ2n) is 8.26. The van der Waals surface area contributed by atoms with Crippen LogP contribution in [-0.2, 0) is 23.9 Å². The Kier molecular flexibility index (Phi) is 13.1. The molecule has 0 radical (unpaired) electrons. The van der Waals surface area contributed by atoms with Gasteiger partial charge in [-0.25, -0.2) is 0 Å². The van der Waals surface area contributed by atoms with Crippen molar-refractivity contribution in [3.63, 3.8) is 0 Å². The van der Waals surface area contributed by atoms with E-state index in [9.17, 15) is 19.2 Å². The van der Waals surface area contributed by atoms with E-state index in [0.29, 0.717) is 72.0 Å². The van der Waals surface area contributed by atoms with Crippen molar-refractivity contribution in [3.8, 4) is 0 Å². The summed E-state index contributed by atoms with van der Waals surface area (Å²) in [5.41, 5.74) is 0. The molecule has 0 aromatic rings. The number of ether oxygens (including phenoxy) is 1. The minimum Gasteiger partial charge on any atom is -0.480 e. The van der Waals surface area contributed by atoms with Gasteiger partial charge in [-0.1, -0.05) is 13.8 Å². The molecule has 1 fully saturated rings. The molecule has 1 rings (SSSR count). The molecule has 1 aliphatic rings. The van der Waals surface area contributed by atoms with Crippen LogP contribution in [0.5, 0.6) is 0 Å². The van der Waals surface area contributed by atoms with Gasteiger partial charge in [0.15, 0.2) is 0 Å². The van der Waals surface area contributed by atoms with Crippen LogP contribution in [0, 0.1) is 5.92 Å². The number of hydrogen-bond acceptors (Lipinski definition) is 8. The molecule has 0 atom stereocenters. The van der Waals surface area contributed by atoms with Crippen molar-refractivity contribution >= 4 is 23.4 Å². The maximum atomic E-state index is 12.3. The van der Waals surface area contributed by atoms with Crippen LogP contribution in [0.3, 0.4) is 0 Å². The number of ketones is 2. The van der Waals surface area contributed by atoms with E-state index < -0.39 is 5.97 Å². The summed E-state index contributed by atoms with van der Waals surface area (Å²) >= 11 is 0. The standard InChI is InChI=1S/C21H38N4O6/c1-17(2)19(27)14-23-6-8-24(9-11-25(10-7-23)16-21(29)30)15-20(28)22-5-13-31-12-4-18(3)26/h17H,4-16H2,1-3H3,(H,22,28)(H,29,30). The Hall–Kier alpha value is -1.88. The van der Waals surface area contributed by atoms with Gasteiger partial charge < -0.3 is 15.2 Å². The summed E-state index contributed by atoms with van der Waals surface area (Å²) in [6.45, 7) is 10.3. The largest absolute Gasteiger partial charge is 0.480 e. The SMILES string of the molecule is CC(=O)CCOCCNC(=O)CN1CCN(CC(=O)O)CCN(CC(=O)C(C)C)CC1. The van der Waals surface area contributed by atoms with Gasteiger partial charge >= 0.3 is 5.97 Å². The lowest BCUT2D eigenvalue weighted by atomic mass is 10.1. The number of carbonyl (C=O) groups excluding carboxylic acids is 3. The quantitative estimate of drug-likeness (QED) is 0.358. The molecule has 0 spiro atoms. The van der Waals surface area contributed by atoms with Crippen LogP contribution in [0.25, 0.3) is 0 Å². The molecule has 1 saturated heterocycles. The third kappa shape index (κ3) is 13.2. The van der Waals surface area contributed by atoms with E-state index in [1.807, 2.05) is 28.5 Å². The van der Waals surface area contributed by atoms with Crippen LogP contribution in [-0.4, -0.2) is 122 Å². The summed E-state index contributed by atoms with van der Waals surface area (Å²) in [5.74, 6) is -0.861. The lowest BCUT2D eigenvalue weighted by molar-refractivity contribution is -0.138. The summed E-state index contributed by atoms with van der Waals surface area (Å²) in [6.07, 6.45) is 0.365. The Bertz CT molecular complexity index is 598. The molecular weight excluding hydrogens is 404 g/mol. The van der Waals surface area contributed by atoms with Crippen LogP contribution in [0.2, 0.25) is 0 Å². The number of carboxylic acid groups (broad SMARTS) is 1. The first-order chi connectivity index (χ1) is 14.7. The van der Waals surface area contributed by atoms with Crippen LogP contribution in [0.4, 0.5) is 0 Å². The first-order valence-corrected chi connectivity index (χ1v) is 10.9. The Morgan fingerprint density at radius 3 is 1.87 bits per heavy atom. The molecule has 1 aliphatic heterocycles. The predicted molar refractivity (Wildman–Crippen MR) is 116 cm³/mol. The van der Waals surface area contributed by atoms with Crippen LogP contribution in [0.15, 0.2) is 0 Å². The Labute approximate surface area is 184 Å². The van der Waals surface area contributed by atoms with Gasteiger partial charge in [-0.15, -0.1) is 0 Å². The van der Waals surface area contributed by atoms with E-state index in [2.05, 4.69) is 5.32 Å². The van der Waals surface area contributed by atoms with Crippen LogP contribution in [0.1, 0.15) is 27.2 Å². The molecule has 1 amide bonds. The molecule has 10 heteroatoms. The third-order valence-corrected chi connectivity index (χ3v) is 5.11. The van der Waals surface area contributed by atoms with E-state index in [-0.39, 0.29) is 36.5 Å². The second-order valence-corrected chi connectivity index (χ2v) is 8.26. The molecule has 178 valence electrons. The van der Waals surface area contributed by atoms with Gasteiger partial charge in [0, 0.05) is 58.2 Å². The lowest BCUT2D eigenvalue weighted by Gasteiger charge is -2.25. The lowest BCUT2D eigenvalue weighted by Crippen LogP contribution is -2.44. The topological polar surface area (TPSA) is 119 Å². The number of amides is 1. The van der Waals surface area contributed by atoms with Gasteiger partial charge in [-0.3, -0.25) is 33.9 Å².